The summed E-state index contributed by atoms with van der Waals surface area (Å²) >= 11 is 0. The smallest absolute Gasteiger partial charge is 0.118 e. The van der Waals surface area contributed by atoms with Crippen LogP contribution < -0.4 is 10.5 Å². The van der Waals surface area contributed by atoms with Crippen LogP contribution in [-0.4, -0.2) is 31.1 Å². The van der Waals surface area contributed by atoms with Gasteiger partial charge in [-0.05, 0) is 23.3 Å². The fourth-order valence-corrected chi connectivity index (χ4v) is 3.09. The molecule has 21 heavy (non-hydrogen) atoms. The molecule has 110 valence electrons. The Hall–Kier alpha value is -1.84. The number of ether oxygens (including phenoxy) is 1. The standard InChI is InChI=1S/C18H22N2O/c1-21-16-9-7-15(8-10-16)17-12-20(13-18(17)19)11-14-5-3-2-4-6-14/h2-10,17-18H,11-13,19H2,1H3/t17-,18+/m1/s1. The number of rotatable bonds is 4. The highest BCUT2D eigenvalue weighted by Crippen LogP contribution is 2.28. The Morgan fingerprint density at radius 2 is 1.76 bits per heavy atom. The summed E-state index contributed by atoms with van der Waals surface area (Å²) in [6, 6.07) is 19.1. The zero-order chi connectivity index (χ0) is 14.7. The molecule has 0 radical (unpaired) electrons. The van der Waals surface area contributed by atoms with Gasteiger partial charge in [0.05, 0.1) is 7.11 Å². The molecule has 3 rings (SSSR count). The van der Waals surface area contributed by atoms with Crippen molar-refractivity contribution in [2.45, 2.75) is 18.5 Å². The topological polar surface area (TPSA) is 38.5 Å². The Labute approximate surface area is 126 Å². The van der Waals surface area contributed by atoms with Crippen LogP contribution in [0.3, 0.4) is 0 Å². The molecule has 1 aliphatic heterocycles. The van der Waals surface area contributed by atoms with Crippen LogP contribution >= 0.6 is 0 Å². The fraction of sp³-hybridized carbons (Fsp3) is 0.333. The van der Waals surface area contributed by atoms with Crippen molar-refractivity contribution in [3.63, 3.8) is 0 Å². The lowest BCUT2D eigenvalue weighted by atomic mass is 9.95. The molecular formula is C18H22N2O. The lowest BCUT2D eigenvalue weighted by Crippen LogP contribution is -2.28. The van der Waals surface area contributed by atoms with Crippen LogP contribution in [-0.2, 0) is 6.54 Å². The normalized spacial score (nSPS) is 22.4. The average molecular weight is 282 g/mol. The highest BCUT2D eigenvalue weighted by atomic mass is 16.5. The first kappa shape index (κ1) is 14.1. The van der Waals surface area contributed by atoms with Crippen molar-refractivity contribution in [3.05, 3.63) is 65.7 Å². The minimum atomic E-state index is 0.196. The predicted molar refractivity (Wildman–Crippen MR) is 85.4 cm³/mol. The molecule has 1 fully saturated rings. The molecule has 2 aromatic rings. The zero-order valence-corrected chi connectivity index (χ0v) is 12.4. The van der Waals surface area contributed by atoms with E-state index in [1.807, 2.05) is 12.1 Å². The minimum Gasteiger partial charge on any atom is -0.497 e. The molecule has 0 aliphatic carbocycles. The molecule has 0 spiro atoms. The van der Waals surface area contributed by atoms with Crippen molar-refractivity contribution in [3.8, 4) is 5.75 Å². The van der Waals surface area contributed by atoms with E-state index in [4.69, 9.17) is 10.5 Å². The second-order valence-corrected chi connectivity index (χ2v) is 5.72. The number of nitrogens with zero attached hydrogens (tertiary/aromatic N) is 1. The third-order valence-electron chi connectivity index (χ3n) is 4.23. The van der Waals surface area contributed by atoms with Crippen molar-refractivity contribution in [1.82, 2.24) is 4.90 Å². The van der Waals surface area contributed by atoms with E-state index in [1.54, 1.807) is 7.11 Å². The maximum atomic E-state index is 6.35. The van der Waals surface area contributed by atoms with Gasteiger partial charge in [-0.3, -0.25) is 4.90 Å². The number of hydrogen-bond donors (Lipinski definition) is 1. The van der Waals surface area contributed by atoms with Gasteiger partial charge in [-0.15, -0.1) is 0 Å². The Kier molecular flexibility index (Phi) is 4.23. The Bertz CT molecular complexity index is 568. The van der Waals surface area contributed by atoms with Crippen molar-refractivity contribution < 1.29 is 4.74 Å². The molecule has 0 aromatic heterocycles. The minimum absolute atomic E-state index is 0.196. The predicted octanol–water partition coefficient (Wildman–Crippen LogP) is 2.62. The molecule has 1 saturated heterocycles. The molecule has 2 atom stereocenters. The summed E-state index contributed by atoms with van der Waals surface area (Å²) in [7, 11) is 1.69. The molecule has 0 bridgehead atoms. The van der Waals surface area contributed by atoms with Crippen molar-refractivity contribution >= 4 is 0 Å². The van der Waals surface area contributed by atoms with E-state index in [9.17, 15) is 0 Å². The second kappa shape index (κ2) is 6.29. The highest BCUT2D eigenvalue weighted by Gasteiger charge is 2.31. The molecule has 2 aromatic carbocycles. The van der Waals surface area contributed by atoms with E-state index >= 15 is 0 Å². The Morgan fingerprint density at radius 1 is 1.05 bits per heavy atom. The van der Waals surface area contributed by atoms with Gasteiger partial charge in [-0.25, -0.2) is 0 Å². The lowest BCUT2D eigenvalue weighted by Gasteiger charge is -2.16. The molecule has 0 saturated carbocycles. The number of nitrogens with two attached hydrogens (primary N) is 1. The molecule has 0 unspecified atom stereocenters. The molecular weight excluding hydrogens is 260 g/mol. The van der Waals surface area contributed by atoms with Crippen molar-refractivity contribution in [2.24, 2.45) is 5.73 Å². The Morgan fingerprint density at radius 3 is 2.43 bits per heavy atom. The first-order valence-corrected chi connectivity index (χ1v) is 7.42. The van der Waals surface area contributed by atoms with Crippen LogP contribution in [0.25, 0.3) is 0 Å². The largest absolute Gasteiger partial charge is 0.497 e. The average Bonchev–Trinajstić information content (AvgIpc) is 2.89. The Balaban J connectivity index is 1.67. The van der Waals surface area contributed by atoms with Gasteiger partial charge >= 0.3 is 0 Å². The van der Waals surface area contributed by atoms with Gasteiger partial charge in [0.2, 0.25) is 0 Å². The van der Waals surface area contributed by atoms with Gasteiger partial charge in [0.1, 0.15) is 5.75 Å². The van der Waals surface area contributed by atoms with Crippen molar-refractivity contribution in [2.75, 3.05) is 20.2 Å². The summed E-state index contributed by atoms with van der Waals surface area (Å²) in [6.45, 7) is 2.94. The van der Waals surface area contributed by atoms with E-state index in [-0.39, 0.29) is 6.04 Å². The van der Waals surface area contributed by atoms with Gasteiger partial charge in [0.15, 0.2) is 0 Å². The van der Waals surface area contributed by atoms with Gasteiger partial charge in [0, 0.05) is 31.6 Å². The maximum Gasteiger partial charge on any atom is 0.118 e. The van der Waals surface area contributed by atoms with Crippen LogP contribution in [0.4, 0.5) is 0 Å². The molecule has 3 nitrogen and oxygen atoms in total. The third-order valence-corrected chi connectivity index (χ3v) is 4.23. The molecule has 2 N–H and O–H groups in total. The number of likely N-dealkylation sites (tertiary alicyclic amines) is 1. The SMILES string of the molecule is COc1ccc([C@H]2CN(Cc3ccccc3)C[C@@H]2N)cc1. The maximum absolute atomic E-state index is 6.35. The molecule has 3 heteroatoms. The summed E-state index contributed by atoms with van der Waals surface area (Å²) in [4.78, 5) is 2.44. The van der Waals surface area contributed by atoms with E-state index in [0.29, 0.717) is 5.92 Å². The van der Waals surface area contributed by atoms with E-state index < -0.39 is 0 Å². The summed E-state index contributed by atoms with van der Waals surface area (Å²) in [6.07, 6.45) is 0. The highest BCUT2D eigenvalue weighted by molar-refractivity contribution is 5.31. The van der Waals surface area contributed by atoms with Gasteiger partial charge in [-0.1, -0.05) is 42.5 Å². The van der Waals surface area contributed by atoms with E-state index in [2.05, 4.69) is 47.4 Å². The van der Waals surface area contributed by atoms with Crippen LogP contribution in [0.5, 0.6) is 5.75 Å². The fourth-order valence-electron chi connectivity index (χ4n) is 3.09. The first-order chi connectivity index (χ1) is 10.3. The second-order valence-electron chi connectivity index (χ2n) is 5.72. The van der Waals surface area contributed by atoms with Crippen LogP contribution in [0.1, 0.15) is 17.0 Å². The van der Waals surface area contributed by atoms with E-state index in [0.717, 1.165) is 25.4 Å². The third kappa shape index (κ3) is 3.26. The summed E-state index contributed by atoms with van der Waals surface area (Å²) in [5, 5.41) is 0. The quantitative estimate of drug-likeness (QED) is 0.937. The summed E-state index contributed by atoms with van der Waals surface area (Å²) in [5.41, 5.74) is 9.00. The zero-order valence-electron chi connectivity index (χ0n) is 12.4. The number of hydrogen-bond acceptors (Lipinski definition) is 3. The molecule has 0 amide bonds. The van der Waals surface area contributed by atoms with Crippen LogP contribution in [0.2, 0.25) is 0 Å². The van der Waals surface area contributed by atoms with Crippen molar-refractivity contribution in [1.29, 1.82) is 0 Å². The molecule has 1 heterocycles. The van der Waals surface area contributed by atoms with Crippen LogP contribution in [0.15, 0.2) is 54.6 Å². The summed E-state index contributed by atoms with van der Waals surface area (Å²) in [5.74, 6) is 1.30. The van der Waals surface area contributed by atoms with E-state index in [1.165, 1.54) is 11.1 Å². The summed E-state index contributed by atoms with van der Waals surface area (Å²) < 4.78 is 5.22. The lowest BCUT2D eigenvalue weighted by molar-refractivity contribution is 0.324. The number of benzene rings is 2. The van der Waals surface area contributed by atoms with Gasteiger partial charge in [0.25, 0.3) is 0 Å². The monoisotopic (exact) mass is 282 g/mol. The number of methoxy groups -OCH3 is 1. The van der Waals surface area contributed by atoms with Gasteiger partial charge in [-0.2, -0.15) is 0 Å². The first-order valence-electron chi connectivity index (χ1n) is 7.42. The van der Waals surface area contributed by atoms with Crippen LogP contribution in [0, 0.1) is 0 Å². The van der Waals surface area contributed by atoms with Gasteiger partial charge < -0.3 is 10.5 Å². The molecule has 1 aliphatic rings.